The highest BCUT2D eigenvalue weighted by Crippen LogP contribution is 2.30. The van der Waals surface area contributed by atoms with E-state index in [1.54, 1.807) is 0 Å². The fourth-order valence-electron chi connectivity index (χ4n) is 4.00. The monoisotopic (exact) mass is 428 g/mol. The van der Waals surface area contributed by atoms with Crippen LogP contribution >= 0.6 is 23.5 Å². The molecule has 3 heterocycles. The summed E-state index contributed by atoms with van der Waals surface area (Å²) in [5, 5.41) is 0. The molecule has 3 aliphatic heterocycles. The zero-order valence-electron chi connectivity index (χ0n) is 17.3. The van der Waals surface area contributed by atoms with Crippen molar-refractivity contribution in [3.05, 3.63) is 58.7 Å². The lowest BCUT2D eigenvalue weighted by molar-refractivity contribution is 0.299. The third-order valence-electron chi connectivity index (χ3n) is 5.45. The van der Waals surface area contributed by atoms with Crippen LogP contribution in [0.2, 0.25) is 0 Å². The van der Waals surface area contributed by atoms with E-state index in [-0.39, 0.29) is 0 Å². The van der Waals surface area contributed by atoms with Gasteiger partial charge in [0, 0.05) is 23.0 Å². The Labute approximate surface area is 184 Å². The van der Waals surface area contributed by atoms with Gasteiger partial charge in [0.15, 0.2) is 0 Å². The van der Waals surface area contributed by atoms with Crippen molar-refractivity contribution in [3.8, 4) is 11.5 Å². The highest BCUT2D eigenvalue weighted by molar-refractivity contribution is 7.98. The van der Waals surface area contributed by atoms with E-state index in [0.29, 0.717) is 0 Å². The quantitative estimate of drug-likeness (QED) is 0.436. The number of hydrogen-bond acceptors (Lipinski definition) is 4. The van der Waals surface area contributed by atoms with Crippen molar-refractivity contribution in [2.24, 2.45) is 0 Å². The molecule has 0 unspecified atom stereocenters. The van der Waals surface area contributed by atoms with Gasteiger partial charge in [0.05, 0.1) is 13.2 Å². The second kappa shape index (κ2) is 11.2. The molecule has 0 N–H and O–H groups in total. The van der Waals surface area contributed by atoms with E-state index >= 15 is 0 Å². The van der Waals surface area contributed by atoms with E-state index in [4.69, 9.17) is 9.47 Å². The number of fused-ring (bicyclic) bond motifs is 14. The first-order valence-electron chi connectivity index (χ1n) is 11.0. The molecule has 2 nitrogen and oxygen atoms in total. The minimum absolute atomic E-state index is 0.838. The van der Waals surface area contributed by atoms with Gasteiger partial charge in [-0.15, -0.1) is 0 Å². The van der Waals surface area contributed by atoms with Crippen molar-refractivity contribution in [3.63, 3.8) is 0 Å². The summed E-state index contributed by atoms with van der Waals surface area (Å²) in [6.07, 6.45) is 8.80. The highest BCUT2D eigenvalue weighted by Gasteiger charge is 2.09. The van der Waals surface area contributed by atoms with Crippen molar-refractivity contribution < 1.29 is 9.47 Å². The van der Waals surface area contributed by atoms with Gasteiger partial charge in [0.2, 0.25) is 0 Å². The Hall–Kier alpha value is -1.26. The zero-order chi connectivity index (χ0) is 19.7. The predicted octanol–water partition coefficient (Wildman–Crippen LogP) is 7.37. The maximum Gasteiger partial charge on any atom is 0.119 e. The summed E-state index contributed by atoms with van der Waals surface area (Å²) in [6, 6.07) is 13.7. The fraction of sp³-hybridized carbons (Fsp3) is 0.520. The number of benzene rings is 2. The topological polar surface area (TPSA) is 18.5 Å². The lowest BCUT2D eigenvalue weighted by Crippen LogP contribution is -2.01. The highest BCUT2D eigenvalue weighted by atomic mass is 32.2. The van der Waals surface area contributed by atoms with Gasteiger partial charge in [-0.25, -0.2) is 0 Å². The van der Waals surface area contributed by atoms with Crippen molar-refractivity contribution in [1.82, 2.24) is 0 Å². The van der Waals surface area contributed by atoms with Gasteiger partial charge in [0.1, 0.15) is 11.5 Å². The summed E-state index contributed by atoms with van der Waals surface area (Å²) in [7, 11) is 0. The summed E-state index contributed by atoms with van der Waals surface area (Å²) in [5.74, 6) is 6.20. The van der Waals surface area contributed by atoms with Crippen molar-refractivity contribution >= 4 is 23.5 Å². The molecule has 0 saturated heterocycles. The molecule has 5 rings (SSSR count). The SMILES string of the molecule is c1c2cc3cc1CSCc1cc(cc(c1)OCCCCCCCCCO3)CSC2. The Bertz CT molecular complexity index is 680. The molecule has 2 aromatic rings. The van der Waals surface area contributed by atoms with Crippen LogP contribution < -0.4 is 9.47 Å². The summed E-state index contributed by atoms with van der Waals surface area (Å²) >= 11 is 3.96. The standard InChI is InChI=1S/C25H32O2S2/c1-2-4-6-8-26-24-12-20-10-21(13-24)17-29-19-23-11-22(18-28-16-20)14-25(15-23)27-9-7-5-3-1/h10-15H,1-9,16-19H2. The molecule has 0 radical (unpaired) electrons. The van der Waals surface area contributed by atoms with Crippen LogP contribution in [-0.2, 0) is 23.0 Å². The van der Waals surface area contributed by atoms with Gasteiger partial charge < -0.3 is 9.47 Å². The van der Waals surface area contributed by atoms with Gasteiger partial charge in [-0.2, -0.15) is 23.5 Å². The molecule has 29 heavy (non-hydrogen) atoms. The van der Waals surface area contributed by atoms with Gasteiger partial charge in [0.25, 0.3) is 0 Å². The second-order valence-electron chi connectivity index (χ2n) is 8.13. The normalized spacial score (nSPS) is 18.9. The van der Waals surface area contributed by atoms with Crippen LogP contribution in [0, 0.1) is 0 Å². The molecule has 0 fully saturated rings. The van der Waals surface area contributed by atoms with Crippen molar-refractivity contribution in [2.45, 2.75) is 68.0 Å². The first-order valence-corrected chi connectivity index (χ1v) is 13.3. The first-order chi connectivity index (χ1) is 14.3. The molecule has 0 saturated carbocycles. The van der Waals surface area contributed by atoms with E-state index in [1.165, 1.54) is 54.4 Å². The second-order valence-corrected chi connectivity index (χ2v) is 10.1. The molecule has 0 atom stereocenters. The molecule has 4 heteroatoms. The van der Waals surface area contributed by atoms with Gasteiger partial charge in [-0.1, -0.05) is 44.2 Å². The summed E-state index contributed by atoms with van der Waals surface area (Å²) in [6.45, 7) is 1.68. The van der Waals surface area contributed by atoms with Crippen LogP contribution in [-0.4, -0.2) is 13.2 Å². The lowest BCUT2D eigenvalue weighted by Gasteiger charge is -2.15. The van der Waals surface area contributed by atoms with Gasteiger partial charge in [-0.05, 0) is 59.4 Å². The molecule has 0 aromatic heterocycles. The molecule has 2 aromatic carbocycles. The van der Waals surface area contributed by atoms with E-state index in [1.807, 2.05) is 23.5 Å². The maximum absolute atomic E-state index is 6.15. The molecular formula is C25H32O2S2. The van der Waals surface area contributed by atoms with Crippen LogP contribution in [0.25, 0.3) is 0 Å². The predicted molar refractivity (Wildman–Crippen MR) is 126 cm³/mol. The molecule has 0 aliphatic carbocycles. The van der Waals surface area contributed by atoms with Crippen LogP contribution in [0.15, 0.2) is 36.4 Å². The molecule has 0 amide bonds. The van der Waals surface area contributed by atoms with Gasteiger partial charge >= 0.3 is 0 Å². The maximum atomic E-state index is 6.15. The Kier molecular flexibility index (Phi) is 8.12. The average Bonchev–Trinajstić information content (AvgIpc) is 2.71. The Morgan fingerprint density at radius 2 is 0.793 bits per heavy atom. The third kappa shape index (κ3) is 6.89. The zero-order valence-corrected chi connectivity index (χ0v) is 18.9. The fourth-order valence-corrected chi connectivity index (χ4v) is 5.81. The van der Waals surface area contributed by atoms with Crippen LogP contribution in [0.3, 0.4) is 0 Å². The summed E-state index contributed by atoms with van der Waals surface area (Å²) in [5.41, 5.74) is 5.52. The lowest BCUT2D eigenvalue weighted by atomic mass is 10.1. The van der Waals surface area contributed by atoms with Gasteiger partial charge in [-0.3, -0.25) is 0 Å². The first kappa shape index (κ1) is 21.0. The van der Waals surface area contributed by atoms with Crippen LogP contribution in [0.5, 0.6) is 11.5 Å². The third-order valence-corrected chi connectivity index (χ3v) is 7.60. The minimum atomic E-state index is 0.838. The van der Waals surface area contributed by atoms with Crippen molar-refractivity contribution in [1.29, 1.82) is 0 Å². The average molecular weight is 429 g/mol. The van der Waals surface area contributed by atoms with E-state index < -0.39 is 0 Å². The molecule has 0 spiro atoms. The Balaban J connectivity index is 1.55. The Morgan fingerprint density at radius 1 is 0.448 bits per heavy atom. The largest absolute Gasteiger partial charge is 0.494 e. The number of hydrogen-bond donors (Lipinski definition) is 0. The van der Waals surface area contributed by atoms with Crippen LogP contribution in [0.1, 0.15) is 67.2 Å². The molecule has 3 aliphatic rings. The molecule has 156 valence electrons. The number of rotatable bonds is 0. The van der Waals surface area contributed by atoms with Crippen molar-refractivity contribution in [2.75, 3.05) is 13.2 Å². The molecular weight excluding hydrogens is 396 g/mol. The number of ether oxygens (including phenoxy) is 2. The smallest absolute Gasteiger partial charge is 0.119 e. The molecule has 6 bridgehead atoms. The Morgan fingerprint density at radius 3 is 1.17 bits per heavy atom. The summed E-state index contributed by atoms with van der Waals surface area (Å²) in [4.78, 5) is 0. The van der Waals surface area contributed by atoms with E-state index in [9.17, 15) is 0 Å². The summed E-state index contributed by atoms with van der Waals surface area (Å²) < 4.78 is 12.3. The van der Waals surface area contributed by atoms with E-state index in [2.05, 4.69) is 36.4 Å². The van der Waals surface area contributed by atoms with Crippen LogP contribution in [0.4, 0.5) is 0 Å². The minimum Gasteiger partial charge on any atom is -0.494 e. The number of thioether (sulfide) groups is 2. The van der Waals surface area contributed by atoms with E-state index in [0.717, 1.165) is 60.6 Å².